The monoisotopic (exact) mass is 522 g/mol. The number of ether oxygens (including phenoxy) is 2. The molecular weight excluding hydrogens is 484 g/mol. The third kappa shape index (κ3) is 5.48. The summed E-state index contributed by atoms with van der Waals surface area (Å²) >= 11 is 0. The van der Waals surface area contributed by atoms with Crippen molar-refractivity contribution in [1.29, 1.82) is 0 Å². The number of carbonyl (C=O) groups excluding carboxylic acids is 3. The summed E-state index contributed by atoms with van der Waals surface area (Å²) in [4.78, 5) is 40.4. The van der Waals surface area contributed by atoms with E-state index in [0.29, 0.717) is 49.4 Å². The molecule has 204 valence electrons. The fraction of sp³-hybridized carbons (Fsp3) is 0.586. The number of benzene rings is 1. The van der Waals surface area contributed by atoms with Crippen LogP contribution in [0.25, 0.3) is 0 Å². The van der Waals surface area contributed by atoms with Crippen LogP contribution in [-0.2, 0) is 28.9 Å². The smallest absolute Gasteiger partial charge is 0.338 e. The first-order valence-electron chi connectivity index (χ1n) is 13.9. The van der Waals surface area contributed by atoms with Crippen molar-refractivity contribution in [2.75, 3.05) is 39.5 Å². The van der Waals surface area contributed by atoms with Crippen molar-refractivity contribution in [1.82, 2.24) is 20.0 Å². The Balaban J connectivity index is 1.26. The summed E-state index contributed by atoms with van der Waals surface area (Å²) in [5.41, 5.74) is 3.37. The summed E-state index contributed by atoms with van der Waals surface area (Å²) in [6.07, 6.45) is 5.31. The Labute approximate surface area is 223 Å². The average molecular weight is 523 g/mol. The highest BCUT2D eigenvalue weighted by Crippen LogP contribution is 2.37. The molecule has 1 atom stereocenters. The number of hydrogen-bond donors (Lipinski definition) is 1. The number of esters is 1. The number of rotatable bonds is 7. The fourth-order valence-corrected chi connectivity index (χ4v) is 5.85. The zero-order valence-corrected chi connectivity index (χ0v) is 22.5. The molecule has 0 saturated carbocycles. The van der Waals surface area contributed by atoms with Gasteiger partial charge in [-0.25, -0.2) is 4.79 Å². The molecule has 1 aromatic carbocycles. The maximum absolute atomic E-state index is 13.0. The zero-order chi connectivity index (χ0) is 26.7. The summed E-state index contributed by atoms with van der Waals surface area (Å²) in [6.45, 7) is 8.38. The molecule has 3 aliphatic heterocycles. The van der Waals surface area contributed by atoms with E-state index in [-0.39, 0.29) is 29.8 Å². The van der Waals surface area contributed by atoms with Gasteiger partial charge in [-0.3, -0.25) is 14.3 Å². The highest BCUT2D eigenvalue weighted by molar-refractivity contribution is 5.98. The maximum atomic E-state index is 13.0. The highest BCUT2D eigenvalue weighted by atomic mass is 16.5. The fourth-order valence-electron chi connectivity index (χ4n) is 5.85. The molecule has 0 unspecified atom stereocenters. The summed E-state index contributed by atoms with van der Waals surface area (Å²) < 4.78 is 13.2. The number of aromatic nitrogens is 2. The zero-order valence-electron chi connectivity index (χ0n) is 22.5. The molecule has 2 amide bonds. The van der Waals surface area contributed by atoms with Gasteiger partial charge in [-0.15, -0.1) is 0 Å². The summed E-state index contributed by atoms with van der Waals surface area (Å²) in [7, 11) is 0. The Morgan fingerprint density at radius 3 is 2.66 bits per heavy atom. The van der Waals surface area contributed by atoms with Gasteiger partial charge in [-0.1, -0.05) is 19.9 Å². The van der Waals surface area contributed by atoms with Crippen molar-refractivity contribution in [3.8, 4) is 0 Å². The van der Waals surface area contributed by atoms with Gasteiger partial charge < -0.3 is 19.7 Å². The molecule has 38 heavy (non-hydrogen) atoms. The van der Waals surface area contributed by atoms with Crippen molar-refractivity contribution < 1.29 is 23.9 Å². The van der Waals surface area contributed by atoms with Crippen molar-refractivity contribution in [3.05, 3.63) is 52.3 Å². The Kier molecular flexibility index (Phi) is 7.83. The van der Waals surface area contributed by atoms with E-state index in [2.05, 4.69) is 5.32 Å². The predicted octanol–water partition coefficient (Wildman–Crippen LogP) is 3.26. The summed E-state index contributed by atoms with van der Waals surface area (Å²) in [5.74, 6) is -0.544. The number of hydrogen-bond acceptors (Lipinski definition) is 6. The van der Waals surface area contributed by atoms with Crippen LogP contribution in [0, 0.1) is 11.3 Å². The lowest BCUT2D eigenvalue weighted by Crippen LogP contribution is -2.41. The van der Waals surface area contributed by atoms with E-state index in [4.69, 9.17) is 14.6 Å². The predicted molar refractivity (Wildman–Crippen MR) is 141 cm³/mol. The van der Waals surface area contributed by atoms with Gasteiger partial charge in [0.15, 0.2) is 0 Å². The minimum Gasteiger partial charge on any atom is -0.462 e. The highest BCUT2D eigenvalue weighted by Gasteiger charge is 2.39. The number of amides is 2. The molecule has 2 fully saturated rings. The van der Waals surface area contributed by atoms with Crippen LogP contribution in [0.1, 0.15) is 82.0 Å². The molecule has 4 heterocycles. The molecule has 9 nitrogen and oxygen atoms in total. The molecule has 2 aromatic rings. The number of fused-ring (bicyclic) bond motifs is 1. The van der Waals surface area contributed by atoms with Gasteiger partial charge in [0.2, 0.25) is 0 Å². The molecule has 1 aromatic heterocycles. The minimum atomic E-state index is -0.443. The Morgan fingerprint density at radius 2 is 1.92 bits per heavy atom. The van der Waals surface area contributed by atoms with Crippen LogP contribution in [-0.4, -0.2) is 71.9 Å². The molecular formula is C29H38N4O5. The van der Waals surface area contributed by atoms with Crippen molar-refractivity contribution >= 4 is 17.8 Å². The van der Waals surface area contributed by atoms with E-state index >= 15 is 0 Å². The third-order valence-corrected chi connectivity index (χ3v) is 8.13. The van der Waals surface area contributed by atoms with Gasteiger partial charge in [-0.05, 0) is 62.1 Å². The van der Waals surface area contributed by atoms with E-state index in [0.717, 1.165) is 56.6 Å². The number of nitrogens with zero attached hydrogens (tertiary/aromatic N) is 3. The van der Waals surface area contributed by atoms with Crippen LogP contribution in [0.2, 0.25) is 0 Å². The van der Waals surface area contributed by atoms with Gasteiger partial charge in [-0.2, -0.15) is 5.10 Å². The largest absolute Gasteiger partial charge is 0.462 e. The summed E-state index contributed by atoms with van der Waals surface area (Å²) in [6, 6.07) is 6.78. The molecule has 0 radical (unpaired) electrons. The van der Waals surface area contributed by atoms with Gasteiger partial charge in [0, 0.05) is 50.9 Å². The molecule has 9 heteroatoms. The molecule has 1 spiro atoms. The number of carbonyl (C=O) groups is 3. The first kappa shape index (κ1) is 26.4. The first-order valence-corrected chi connectivity index (χ1v) is 13.9. The van der Waals surface area contributed by atoms with Crippen LogP contribution < -0.4 is 5.32 Å². The molecule has 1 N–H and O–H groups in total. The van der Waals surface area contributed by atoms with Crippen LogP contribution in [0.15, 0.2) is 24.3 Å². The molecule has 0 bridgehead atoms. The lowest BCUT2D eigenvalue weighted by molar-refractivity contribution is 0.0151. The molecule has 5 rings (SSSR count). The Hall–Kier alpha value is -3.20. The average Bonchev–Trinajstić information content (AvgIpc) is 3.56. The quantitative estimate of drug-likeness (QED) is 0.560. The standard InChI is InChI=1S/C29H38N4O5/c1-3-23-25-24(16-29(19-30-26(25)34)9-13-37-14-10-29)33(31-23)17-20(2)18-38-28(36)22-8-6-7-21(15-22)27(35)32-11-4-5-12-32/h6-8,15,20H,3-5,9-14,16-19H2,1-2H3,(H,30,34)/t20-/m1/s1. The molecule has 0 aliphatic carbocycles. The number of likely N-dealkylation sites (tertiary alicyclic amines) is 1. The second-order valence-corrected chi connectivity index (χ2v) is 11.1. The second kappa shape index (κ2) is 11.3. The normalized spacial score (nSPS) is 19.5. The van der Waals surface area contributed by atoms with E-state index in [9.17, 15) is 14.4 Å². The first-order chi connectivity index (χ1) is 18.4. The van der Waals surface area contributed by atoms with Crippen molar-refractivity contribution in [2.24, 2.45) is 11.3 Å². The van der Waals surface area contributed by atoms with Crippen molar-refractivity contribution in [2.45, 2.75) is 58.9 Å². The van der Waals surface area contributed by atoms with Crippen LogP contribution >= 0.6 is 0 Å². The van der Waals surface area contributed by atoms with Gasteiger partial charge >= 0.3 is 5.97 Å². The lowest BCUT2D eigenvalue weighted by atomic mass is 9.76. The van der Waals surface area contributed by atoms with Crippen LogP contribution in [0.3, 0.4) is 0 Å². The Morgan fingerprint density at radius 1 is 1.18 bits per heavy atom. The maximum Gasteiger partial charge on any atom is 0.338 e. The Bertz CT molecular complexity index is 1190. The summed E-state index contributed by atoms with van der Waals surface area (Å²) in [5, 5.41) is 7.96. The van der Waals surface area contributed by atoms with Crippen LogP contribution in [0.4, 0.5) is 0 Å². The van der Waals surface area contributed by atoms with E-state index < -0.39 is 5.97 Å². The van der Waals surface area contributed by atoms with E-state index in [1.807, 2.05) is 23.4 Å². The van der Waals surface area contributed by atoms with E-state index in [1.54, 1.807) is 24.3 Å². The minimum absolute atomic E-state index is 0.0148. The number of aryl methyl sites for hydroxylation is 1. The number of nitrogens with one attached hydrogen (secondary N) is 1. The van der Waals surface area contributed by atoms with Gasteiger partial charge in [0.05, 0.1) is 29.1 Å². The van der Waals surface area contributed by atoms with Crippen molar-refractivity contribution in [3.63, 3.8) is 0 Å². The van der Waals surface area contributed by atoms with Gasteiger partial charge in [0.1, 0.15) is 0 Å². The molecule has 2 saturated heterocycles. The SMILES string of the molecule is CCc1nn(C[C@@H](C)COC(=O)c2cccc(C(=O)N3CCCC3)c2)c2c1C(=O)NCC1(CCOCC1)C2. The third-order valence-electron chi connectivity index (χ3n) is 8.13. The van der Waals surface area contributed by atoms with Gasteiger partial charge in [0.25, 0.3) is 11.8 Å². The van der Waals surface area contributed by atoms with Crippen LogP contribution in [0.5, 0.6) is 0 Å². The molecule has 3 aliphatic rings. The second-order valence-electron chi connectivity index (χ2n) is 11.1. The lowest BCUT2D eigenvalue weighted by Gasteiger charge is -2.36. The topological polar surface area (TPSA) is 103 Å². The van der Waals surface area contributed by atoms with E-state index in [1.165, 1.54) is 0 Å².